The van der Waals surface area contributed by atoms with Crippen molar-refractivity contribution in [3.63, 3.8) is 0 Å². The number of anilines is 1. The average Bonchev–Trinajstić information content (AvgIpc) is 3.29. The summed E-state index contributed by atoms with van der Waals surface area (Å²) < 4.78 is 5.85. The van der Waals surface area contributed by atoms with E-state index in [2.05, 4.69) is 20.5 Å². The van der Waals surface area contributed by atoms with Gasteiger partial charge in [0.25, 0.3) is 5.91 Å². The maximum Gasteiger partial charge on any atom is 0.259 e. The first-order valence-electron chi connectivity index (χ1n) is 8.79. The van der Waals surface area contributed by atoms with Gasteiger partial charge in [-0.25, -0.2) is 4.98 Å². The fourth-order valence-corrected chi connectivity index (χ4v) is 2.76. The van der Waals surface area contributed by atoms with Crippen LogP contribution in [0.5, 0.6) is 5.75 Å². The fourth-order valence-electron chi connectivity index (χ4n) is 2.63. The first kappa shape index (κ1) is 18.6. The Morgan fingerprint density at radius 1 is 1.00 bits per heavy atom. The van der Waals surface area contributed by atoms with Crippen LogP contribution in [-0.4, -0.2) is 25.9 Å². The molecule has 2 aromatic heterocycles. The van der Waals surface area contributed by atoms with Crippen LogP contribution in [0.3, 0.4) is 0 Å². The molecular formula is C21H16ClN5O2. The number of carbonyl (C=O) groups is 1. The Labute approximate surface area is 171 Å². The number of amides is 1. The number of pyridine rings is 1. The molecule has 0 saturated heterocycles. The van der Waals surface area contributed by atoms with Gasteiger partial charge in [0.2, 0.25) is 0 Å². The van der Waals surface area contributed by atoms with Gasteiger partial charge in [-0.3, -0.25) is 4.79 Å². The Balaban J connectivity index is 1.45. The number of nitrogens with zero attached hydrogens (tertiary/aromatic N) is 4. The van der Waals surface area contributed by atoms with E-state index in [-0.39, 0.29) is 5.91 Å². The van der Waals surface area contributed by atoms with Gasteiger partial charge in [-0.05, 0) is 42.0 Å². The number of para-hydroxylation sites is 1. The van der Waals surface area contributed by atoms with Crippen LogP contribution < -0.4 is 10.1 Å². The molecule has 0 unspecified atom stereocenters. The first-order valence-corrected chi connectivity index (χ1v) is 9.17. The number of hydrogen-bond donors (Lipinski definition) is 1. The normalized spacial score (nSPS) is 10.5. The van der Waals surface area contributed by atoms with Crippen LogP contribution in [0.25, 0.3) is 5.82 Å². The molecule has 4 rings (SSSR count). The minimum absolute atomic E-state index is 0.288. The first-order chi connectivity index (χ1) is 14.2. The summed E-state index contributed by atoms with van der Waals surface area (Å²) in [6, 6.07) is 17.9. The van der Waals surface area contributed by atoms with Gasteiger partial charge < -0.3 is 10.1 Å². The molecule has 7 nitrogen and oxygen atoms in total. The number of hydrogen-bond acceptors (Lipinski definition) is 5. The van der Waals surface area contributed by atoms with Gasteiger partial charge in [-0.1, -0.05) is 35.9 Å². The third-order valence-electron chi connectivity index (χ3n) is 4.07. The second-order valence-corrected chi connectivity index (χ2v) is 6.53. The van der Waals surface area contributed by atoms with E-state index in [0.29, 0.717) is 34.4 Å². The third-order valence-corrected chi connectivity index (χ3v) is 4.32. The van der Waals surface area contributed by atoms with Crippen molar-refractivity contribution in [1.82, 2.24) is 20.0 Å². The molecule has 8 heteroatoms. The topological polar surface area (TPSA) is 81.9 Å². The molecule has 2 heterocycles. The van der Waals surface area contributed by atoms with Gasteiger partial charge in [0, 0.05) is 5.02 Å². The quantitative estimate of drug-likeness (QED) is 0.521. The number of carbonyl (C=O) groups excluding carboxylic acids is 1. The number of rotatable bonds is 6. The lowest BCUT2D eigenvalue weighted by Gasteiger charge is -2.12. The van der Waals surface area contributed by atoms with E-state index < -0.39 is 0 Å². The van der Waals surface area contributed by atoms with Gasteiger partial charge >= 0.3 is 0 Å². The smallest absolute Gasteiger partial charge is 0.259 e. The van der Waals surface area contributed by atoms with Crippen molar-refractivity contribution in [2.45, 2.75) is 6.61 Å². The summed E-state index contributed by atoms with van der Waals surface area (Å²) in [7, 11) is 0. The maximum absolute atomic E-state index is 12.7. The summed E-state index contributed by atoms with van der Waals surface area (Å²) in [4.78, 5) is 18.4. The highest BCUT2D eigenvalue weighted by atomic mass is 35.5. The Bertz CT molecular complexity index is 1100. The third kappa shape index (κ3) is 4.59. The highest BCUT2D eigenvalue weighted by Gasteiger charge is 2.13. The van der Waals surface area contributed by atoms with E-state index >= 15 is 0 Å². The zero-order chi connectivity index (χ0) is 20.1. The molecule has 0 spiro atoms. The van der Waals surface area contributed by atoms with Crippen LogP contribution in [0.15, 0.2) is 79.3 Å². The highest BCUT2D eigenvalue weighted by Crippen LogP contribution is 2.21. The van der Waals surface area contributed by atoms with E-state index in [1.54, 1.807) is 61.1 Å². The van der Waals surface area contributed by atoms with Gasteiger partial charge in [0.05, 0.1) is 29.8 Å². The van der Waals surface area contributed by atoms with Crippen molar-refractivity contribution in [3.05, 3.63) is 95.4 Å². The molecule has 1 amide bonds. The summed E-state index contributed by atoms with van der Waals surface area (Å²) in [5.41, 5.74) is 1.94. The maximum atomic E-state index is 12.7. The zero-order valence-electron chi connectivity index (χ0n) is 15.2. The molecule has 0 saturated carbocycles. The van der Waals surface area contributed by atoms with Crippen LogP contribution in [0.1, 0.15) is 15.9 Å². The van der Waals surface area contributed by atoms with E-state index in [0.717, 1.165) is 5.56 Å². The molecule has 4 aromatic rings. The second kappa shape index (κ2) is 8.53. The Morgan fingerprint density at radius 3 is 2.48 bits per heavy atom. The lowest BCUT2D eigenvalue weighted by molar-refractivity contribution is 0.102. The van der Waals surface area contributed by atoms with Crippen LogP contribution in [0.2, 0.25) is 5.02 Å². The van der Waals surface area contributed by atoms with Crippen molar-refractivity contribution in [2.24, 2.45) is 0 Å². The molecule has 0 fully saturated rings. The second-order valence-electron chi connectivity index (χ2n) is 6.09. The number of nitrogens with one attached hydrogen (secondary N) is 1. The minimum Gasteiger partial charge on any atom is -0.488 e. The number of ether oxygens (including phenoxy) is 1. The van der Waals surface area contributed by atoms with Crippen LogP contribution >= 0.6 is 11.6 Å². The zero-order valence-corrected chi connectivity index (χ0v) is 16.0. The number of halogens is 1. The van der Waals surface area contributed by atoms with E-state index in [9.17, 15) is 4.79 Å². The SMILES string of the molecule is O=C(Nc1ccc(-n2nccn2)nc1)c1ccccc1OCc1ccc(Cl)cc1. The average molecular weight is 406 g/mol. The van der Waals surface area contributed by atoms with Crippen LogP contribution in [0.4, 0.5) is 5.69 Å². The molecule has 0 bridgehead atoms. The molecule has 0 radical (unpaired) electrons. The molecule has 2 aromatic carbocycles. The summed E-state index contributed by atoms with van der Waals surface area (Å²) in [6.07, 6.45) is 4.68. The van der Waals surface area contributed by atoms with Gasteiger partial charge in [0.1, 0.15) is 12.4 Å². The van der Waals surface area contributed by atoms with Crippen molar-refractivity contribution < 1.29 is 9.53 Å². The summed E-state index contributed by atoms with van der Waals surface area (Å²) in [6.45, 7) is 0.328. The molecule has 1 N–H and O–H groups in total. The van der Waals surface area contributed by atoms with E-state index in [1.165, 1.54) is 4.80 Å². The molecule has 0 atom stereocenters. The molecular weight excluding hydrogens is 390 g/mol. The van der Waals surface area contributed by atoms with E-state index in [4.69, 9.17) is 16.3 Å². The predicted octanol–water partition coefficient (Wildman–Crippen LogP) is 4.15. The molecule has 0 aliphatic carbocycles. The Kier molecular flexibility index (Phi) is 5.49. The lowest BCUT2D eigenvalue weighted by Crippen LogP contribution is -2.14. The molecule has 0 aliphatic heterocycles. The van der Waals surface area contributed by atoms with Crippen molar-refractivity contribution >= 4 is 23.2 Å². The summed E-state index contributed by atoms with van der Waals surface area (Å²) in [5.74, 6) is 0.758. The van der Waals surface area contributed by atoms with Gasteiger partial charge in [-0.15, -0.1) is 4.80 Å². The monoisotopic (exact) mass is 405 g/mol. The standard InChI is InChI=1S/C21H16ClN5O2/c22-16-7-5-15(6-8-16)14-29-19-4-2-1-3-18(19)21(28)26-17-9-10-20(23-13-17)27-24-11-12-25-27/h1-13H,14H2,(H,26,28). The molecule has 144 valence electrons. The minimum atomic E-state index is -0.288. The fraction of sp³-hybridized carbons (Fsp3) is 0.0476. The number of aromatic nitrogens is 4. The predicted molar refractivity (Wildman–Crippen MR) is 109 cm³/mol. The molecule has 0 aliphatic rings. The summed E-state index contributed by atoms with van der Waals surface area (Å²) >= 11 is 5.90. The largest absolute Gasteiger partial charge is 0.488 e. The highest BCUT2D eigenvalue weighted by molar-refractivity contribution is 6.30. The van der Waals surface area contributed by atoms with Gasteiger partial charge in [-0.2, -0.15) is 10.2 Å². The van der Waals surface area contributed by atoms with Crippen LogP contribution in [-0.2, 0) is 6.61 Å². The lowest BCUT2D eigenvalue weighted by atomic mass is 10.2. The Hall–Kier alpha value is -3.71. The van der Waals surface area contributed by atoms with Gasteiger partial charge in [0.15, 0.2) is 5.82 Å². The van der Waals surface area contributed by atoms with Crippen molar-refractivity contribution in [1.29, 1.82) is 0 Å². The summed E-state index contributed by atoms with van der Waals surface area (Å²) in [5, 5.41) is 11.5. The van der Waals surface area contributed by atoms with Crippen molar-refractivity contribution in [3.8, 4) is 11.6 Å². The molecule has 29 heavy (non-hydrogen) atoms. The van der Waals surface area contributed by atoms with Crippen LogP contribution in [0, 0.1) is 0 Å². The number of benzene rings is 2. The Morgan fingerprint density at radius 2 is 1.76 bits per heavy atom. The van der Waals surface area contributed by atoms with E-state index in [1.807, 2.05) is 18.2 Å². The van der Waals surface area contributed by atoms with Crippen molar-refractivity contribution in [2.75, 3.05) is 5.32 Å².